The maximum atomic E-state index is 13.9. The third-order valence-electron chi connectivity index (χ3n) is 3.20. The molecule has 2 nitrogen and oxygen atoms in total. The molecule has 0 fully saturated rings. The van der Waals surface area contributed by atoms with E-state index in [1.165, 1.54) is 11.0 Å². The minimum absolute atomic E-state index is 0.215. The van der Waals surface area contributed by atoms with Crippen LogP contribution in [0.25, 0.3) is 0 Å². The molecule has 0 aliphatic rings. The van der Waals surface area contributed by atoms with Crippen LogP contribution < -0.4 is 4.90 Å². The summed E-state index contributed by atoms with van der Waals surface area (Å²) in [6, 6.07) is 10.3. The molecule has 4 heteroatoms. The summed E-state index contributed by atoms with van der Waals surface area (Å²) in [7, 11) is 1.58. The van der Waals surface area contributed by atoms with Gasteiger partial charge < -0.3 is 4.90 Å². The lowest BCUT2D eigenvalue weighted by Gasteiger charge is -2.19. The molecule has 0 unspecified atom stereocenters. The highest BCUT2D eigenvalue weighted by molar-refractivity contribution is 9.10. The van der Waals surface area contributed by atoms with Crippen LogP contribution in [0.5, 0.6) is 0 Å². The first-order chi connectivity index (χ1) is 9.40. The van der Waals surface area contributed by atoms with E-state index in [1.807, 2.05) is 32.0 Å². The topological polar surface area (TPSA) is 20.3 Å². The average Bonchev–Trinajstić information content (AvgIpc) is 2.40. The van der Waals surface area contributed by atoms with Gasteiger partial charge in [-0.3, -0.25) is 4.79 Å². The van der Waals surface area contributed by atoms with E-state index >= 15 is 0 Å². The zero-order valence-corrected chi connectivity index (χ0v) is 13.2. The third kappa shape index (κ3) is 2.90. The molecule has 0 heterocycles. The molecule has 0 saturated heterocycles. The Balaban J connectivity index is 2.40. The molecule has 104 valence electrons. The number of nitrogens with zero attached hydrogens (tertiary/aromatic N) is 1. The highest BCUT2D eigenvalue weighted by atomic mass is 79.9. The molecule has 20 heavy (non-hydrogen) atoms. The van der Waals surface area contributed by atoms with Crippen LogP contribution in [0.4, 0.5) is 10.1 Å². The lowest BCUT2D eigenvalue weighted by Crippen LogP contribution is -2.27. The molecule has 2 aromatic carbocycles. The Labute approximate surface area is 126 Å². The Kier molecular flexibility index (Phi) is 4.23. The first-order valence-corrected chi connectivity index (χ1v) is 7.00. The smallest absolute Gasteiger partial charge is 0.258 e. The number of hydrogen-bond acceptors (Lipinski definition) is 1. The maximum absolute atomic E-state index is 13.9. The molecule has 0 bridgehead atoms. The first-order valence-electron chi connectivity index (χ1n) is 6.20. The number of halogens is 2. The van der Waals surface area contributed by atoms with Gasteiger partial charge >= 0.3 is 0 Å². The molecule has 0 radical (unpaired) electrons. The summed E-state index contributed by atoms with van der Waals surface area (Å²) in [5.74, 6) is -0.645. The number of carbonyl (C=O) groups excluding carboxylic acids is 1. The van der Waals surface area contributed by atoms with Crippen molar-refractivity contribution in [1.82, 2.24) is 0 Å². The summed E-state index contributed by atoms with van der Waals surface area (Å²) in [6.07, 6.45) is 0. The SMILES string of the molecule is Cc1ccc(C)c(C(=O)N(C)c2ccc(Br)cc2F)c1. The van der Waals surface area contributed by atoms with Crippen molar-refractivity contribution in [3.05, 3.63) is 63.4 Å². The fraction of sp³-hybridized carbons (Fsp3) is 0.188. The third-order valence-corrected chi connectivity index (χ3v) is 3.69. The molecule has 0 saturated carbocycles. The standard InChI is InChI=1S/C16H15BrFNO/c1-10-4-5-11(2)13(8-10)16(20)19(3)15-7-6-12(17)9-14(15)18/h4-9H,1-3H3. The largest absolute Gasteiger partial charge is 0.309 e. The molecule has 0 aliphatic heterocycles. The van der Waals surface area contributed by atoms with Crippen molar-refractivity contribution in [2.75, 3.05) is 11.9 Å². The molecular formula is C16H15BrFNO. The van der Waals surface area contributed by atoms with E-state index in [1.54, 1.807) is 19.2 Å². The van der Waals surface area contributed by atoms with Crippen LogP contribution in [0.1, 0.15) is 21.5 Å². The summed E-state index contributed by atoms with van der Waals surface area (Å²) in [6.45, 7) is 3.80. The molecule has 0 atom stereocenters. The number of benzene rings is 2. The molecular weight excluding hydrogens is 321 g/mol. The Morgan fingerprint density at radius 2 is 1.85 bits per heavy atom. The van der Waals surface area contributed by atoms with Gasteiger partial charge in [0.25, 0.3) is 5.91 Å². The fourth-order valence-corrected chi connectivity index (χ4v) is 2.34. The van der Waals surface area contributed by atoms with Crippen LogP contribution in [0.3, 0.4) is 0 Å². The van der Waals surface area contributed by atoms with E-state index in [4.69, 9.17) is 0 Å². The van der Waals surface area contributed by atoms with Crippen LogP contribution in [0.2, 0.25) is 0 Å². The quantitative estimate of drug-likeness (QED) is 0.792. The summed E-state index contributed by atoms with van der Waals surface area (Å²) < 4.78 is 14.6. The van der Waals surface area contributed by atoms with E-state index in [-0.39, 0.29) is 11.6 Å². The molecule has 0 N–H and O–H groups in total. The van der Waals surface area contributed by atoms with Crippen molar-refractivity contribution in [3.8, 4) is 0 Å². The zero-order valence-electron chi connectivity index (χ0n) is 11.6. The van der Waals surface area contributed by atoms with Gasteiger partial charge in [0, 0.05) is 17.1 Å². The van der Waals surface area contributed by atoms with E-state index in [2.05, 4.69) is 15.9 Å². The number of carbonyl (C=O) groups is 1. The summed E-state index contributed by atoms with van der Waals surface area (Å²) >= 11 is 3.21. The number of rotatable bonds is 2. The molecule has 1 amide bonds. The second-order valence-corrected chi connectivity index (χ2v) is 5.69. The van der Waals surface area contributed by atoms with E-state index in [0.29, 0.717) is 10.0 Å². The lowest BCUT2D eigenvalue weighted by molar-refractivity contribution is 0.0991. The summed E-state index contributed by atoms with van der Waals surface area (Å²) in [5, 5.41) is 0. The first kappa shape index (κ1) is 14.7. The lowest BCUT2D eigenvalue weighted by atomic mass is 10.0. The highest BCUT2D eigenvalue weighted by Crippen LogP contribution is 2.24. The van der Waals surface area contributed by atoms with Gasteiger partial charge in [0.15, 0.2) is 0 Å². The van der Waals surface area contributed by atoms with Crippen LogP contribution in [0, 0.1) is 19.7 Å². The fourth-order valence-electron chi connectivity index (χ4n) is 2.01. The Morgan fingerprint density at radius 1 is 1.15 bits per heavy atom. The number of anilines is 1. The molecule has 0 aromatic heterocycles. The van der Waals surface area contributed by atoms with Gasteiger partial charge in [-0.15, -0.1) is 0 Å². The predicted octanol–water partition coefficient (Wildman–Crippen LogP) is 4.48. The van der Waals surface area contributed by atoms with Gasteiger partial charge in [-0.2, -0.15) is 0 Å². The average molecular weight is 336 g/mol. The van der Waals surface area contributed by atoms with Crippen LogP contribution in [-0.2, 0) is 0 Å². The van der Waals surface area contributed by atoms with Crippen molar-refractivity contribution >= 4 is 27.5 Å². The van der Waals surface area contributed by atoms with Crippen molar-refractivity contribution in [1.29, 1.82) is 0 Å². The number of amides is 1. The minimum Gasteiger partial charge on any atom is -0.309 e. The van der Waals surface area contributed by atoms with Crippen molar-refractivity contribution in [2.45, 2.75) is 13.8 Å². The number of aryl methyl sites for hydroxylation is 2. The van der Waals surface area contributed by atoms with Gasteiger partial charge in [-0.05, 0) is 43.7 Å². The van der Waals surface area contributed by atoms with Crippen LogP contribution in [-0.4, -0.2) is 13.0 Å². The van der Waals surface area contributed by atoms with E-state index in [0.717, 1.165) is 11.1 Å². The van der Waals surface area contributed by atoms with Crippen LogP contribution in [0.15, 0.2) is 40.9 Å². The van der Waals surface area contributed by atoms with E-state index in [9.17, 15) is 9.18 Å². The summed E-state index contributed by atoms with van der Waals surface area (Å²) in [5.41, 5.74) is 2.74. The predicted molar refractivity (Wildman–Crippen MR) is 82.7 cm³/mol. The normalized spacial score (nSPS) is 10.4. The zero-order chi connectivity index (χ0) is 14.9. The second-order valence-electron chi connectivity index (χ2n) is 4.78. The van der Waals surface area contributed by atoms with Gasteiger partial charge in [0.05, 0.1) is 5.69 Å². The van der Waals surface area contributed by atoms with Crippen LogP contribution >= 0.6 is 15.9 Å². The van der Waals surface area contributed by atoms with Crippen molar-refractivity contribution in [2.24, 2.45) is 0 Å². The molecule has 0 spiro atoms. The van der Waals surface area contributed by atoms with Gasteiger partial charge in [0.2, 0.25) is 0 Å². The minimum atomic E-state index is -0.430. The molecule has 0 aliphatic carbocycles. The van der Waals surface area contributed by atoms with Gasteiger partial charge in [-0.25, -0.2) is 4.39 Å². The Hall–Kier alpha value is -1.68. The Morgan fingerprint density at radius 3 is 2.50 bits per heavy atom. The van der Waals surface area contributed by atoms with Gasteiger partial charge in [-0.1, -0.05) is 33.6 Å². The highest BCUT2D eigenvalue weighted by Gasteiger charge is 2.18. The van der Waals surface area contributed by atoms with Crippen molar-refractivity contribution < 1.29 is 9.18 Å². The molecule has 2 aromatic rings. The summed E-state index contributed by atoms with van der Waals surface area (Å²) in [4.78, 5) is 13.8. The maximum Gasteiger partial charge on any atom is 0.258 e. The second kappa shape index (κ2) is 5.75. The van der Waals surface area contributed by atoms with Crippen molar-refractivity contribution in [3.63, 3.8) is 0 Å². The van der Waals surface area contributed by atoms with Gasteiger partial charge in [0.1, 0.15) is 5.82 Å². The molecule has 2 rings (SSSR count). The monoisotopic (exact) mass is 335 g/mol. The number of hydrogen-bond donors (Lipinski definition) is 0. The van der Waals surface area contributed by atoms with E-state index < -0.39 is 5.82 Å². The Bertz CT molecular complexity index is 670.